The number of hydrogen-bond acceptors (Lipinski definition) is 5. The third-order valence-corrected chi connectivity index (χ3v) is 6.31. The molecular formula is C25H21F4N5O2. The SMILES string of the molecule is Cc1nc(N)c2c(-c3ccc4c(c3)CCN4C(=O)[C@@H](O)c3cc(F)cc(C(F)(F)F)c3)cn(C)c2n1. The second-order valence-corrected chi connectivity index (χ2v) is 8.77. The highest BCUT2D eigenvalue weighted by Crippen LogP contribution is 2.38. The highest BCUT2D eigenvalue weighted by atomic mass is 19.4. The predicted molar refractivity (Wildman–Crippen MR) is 126 cm³/mol. The molecule has 1 aliphatic rings. The molecule has 0 saturated carbocycles. The van der Waals surface area contributed by atoms with Gasteiger partial charge in [-0.25, -0.2) is 14.4 Å². The van der Waals surface area contributed by atoms with Gasteiger partial charge in [0.1, 0.15) is 23.1 Å². The number of alkyl halides is 3. The standard InChI is InChI=1S/C25H21F4N5O2/c1-12-31-22(30)20-18(11-33(2)23(20)32-12)13-3-4-19-14(7-13)5-6-34(19)24(36)21(35)15-8-16(25(27,28)29)10-17(26)9-15/h3-4,7-11,21,35H,5-6H2,1-2H3,(H2,30,31,32)/t21-/m0/s1. The number of aliphatic hydroxyl groups is 1. The Labute approximate surface area is 202 Å². The quantitative estimate of drug-likeness (QED) is 0.410. The van der Waals surface area contributed by atoms with Crippen LogP contribution in [0.3, 0.4) is 0 Å². The lowest BCUT2D eigenvalue weighted by Gasteiger charge is -2.22. The summed E-state index contributed by atoms with van der Waals surface area (Å²) in [7, 11) is 1.85. The van der Waals surface area contributed by atoms with Gasteiger partial charge >= 0.3 is 6.18 Å². The van der Waals surface area contributed by atoms with E-state index in [1.807, 2.05) is 23.9 Å². The number of nitrogen functional groups attached to an aromatic ring is 1. The molecule has 3 heterocycles. The lowest BCUT2D eigenvalue weighted by molar-refractivity contribution is -0.138. The van der Waals surface area contributed by atoms with Gasteiger partial charge in [0, 0.05) is 31.0 Å². The van der Waals surface area contributed by atoms with E-state index in [0.717, 1.165) is 22.8 Å². The first-order valence-electron chi connectivity index (χ1n) is 11.0. The molecule has 1 aliphatic heterocycles. The number of nitrogens with zero attached hydrogens (tertiary/aromatic N) is 4. The molecule has 0 spiro atoms. The molecule has 0 radical (unpaired) electrons. The largest absolute Gasteiger partial charge is 0.416 e. The molecule has 0 saturated heterocycles. The molecule has 186 valence electrons. The molecule has 7 nitrogen and oxygen atoms in total. The Balaban J connectivity index is 1.47. The zero-order valence-corrected chi connectivity index (χ0v) is 19.3. The van der Waals surface area contributed by atoms with Crippen LogP contribution in [0.4, 0.5) is 29.1 Å². The topological polar surface area (TPSA) is 97.3 Å². The lowest BCUT2D eigenvalue weighted by atomic mass is 10.0. The van der Waals surface area contributed by atoms with Crippen LogP contribution in [0.2, 0.25) is 0 Å². The average molecular weight is 499 g/mol. The van der Waals surface area contributed by atoms with Gasteiger partial charge in [-0.15, -0.1) is 0 Å². The summed E-state index contributed by atoms with van der Waals surface area (Å²) in [6.07, 6.45) is -4.41. The smallest absolute Gasteiger partial charge is 0.383 e. The Hall–Kier alpha value is -3.99. The van der Waals surface area contributed by atoms with Crippen molar-refractivity contribution >= 4 is 28.4 Å². The first-order chi connectivity index (χ1) is 16.9. The van der Waals surface area contributed by atoms with Crippen LogP contribution in [0, 0.1) is 12.7 Å². The Kier molecular flexibility index (Phi) is 5.47. The van der Waals surface area contributed by atoms with E-state index in [9.17, 15) is 27.5 Å². The lowest BCUT2D eigenvalue weighted by Crippen LogP contribution is -2.33. The first-order valence-corrected chi connectivity index (χ1v) is 11.0. The van der Waals surface area contributed by atoms with Crippen molar-refractivity contribution in [1.29, 1.82) is 0 Å². The van der Waals surface area contributed by atoms with E-state index >= 15 is 0 Å². The van der Waals surface area contributed by atoms with Gasteiger partial charge < -0.3 is 20.3 Å². The third-order valence-electron chi connectivity index (χ3n) is 6.31. The summed E-state index contributed by atoms with van der Waals surface area (Å²) >= 11 is 0. The maximum atomic E-state index is 13.8. The van der Waals surface area contributed by atoms with Gasteiger partial charge in [0.05, 0.1) is 10.9 Å². The number of carbonyl (C=O) groups excluding carboxylic acids is 1. The van der Waals surface area contributed by atoms with Crippen molar-refractivity contribution in [3.05, 3.63) is 70.9 Å². The zero-order valence-electron chi connectivity index (χ0n) is 19.3. The number of hydrogen-bond donors (Lipinski definition) is 2. The Morgan fingerprint density at radius 1 is 1.17 bits per heavy atom. The van der Waals surface area contributed by atoms with Gasteiger partial charge in [-0.1, -0.05) is 6.07 Å². The highest BCUT2D eigenvalue weighted by Gasteiger charge is 2.35. The number of halogens is 4. The third kappa shape index (κ3) is 3.95. The number of anilines is 2. The molecule has 5 rings (SSSR count). The fourth-order valence-corrected chi connectivity index (χ4v) is 4.65. The van der Waals surface area contributed by atoms with Crippen LogP contribution in [0.1, 0.15) is 28.6 Å². The second kappa shape index (κ2) is 8.30. The van der Waals surface area contributed by atoms with E-state index in [-0.39, 0.29) is 6.54 Å². The van der Waals surface area contributed by atoms with E-state index in [1.54, 1.807) is 19.1 Å². The monoisotopic (exact) mass is 499 g/mol. The first kappa shape index (κ1) is 23.7. The molecule has 1 amide bonds. The molecule has 36 heavy (non-hydrogen) atoms. The number of rotatable bonds is 3. The van der Waals surface area contributed by atoms with E-state index in [1.165, 1.54) is 4.90 Å². The number of fused-ring (bicyclic) bond motifs is 2. The summed E-state index contributed by atoms with van der Waals surface area (Å²) in [6.45, 7) is 1.97. The van der Waals surface area contributed by atoms with Crippen LogP contribution < -0.4 is 10.6 Å². The molecule has 0 aliphatic carbocycles. The minimum atomic E-state index is -4.81. The summed E-state index contributed by atoms with van der Waals surface area (Å²) in [5.74, 6) is -1.12. The highest BCUT2D eigenvalue weighted by molar-refractivity contribution is 6.02. The molecule has 0 unspecified atom stereocenters. The molecule has 3 N–H and O–H groups in total. The molecule has 2 aromatic carbocycles. The maximum absolute atomic E-state index is 13.8. The van der Waals surface area contributed by atoms with Crippen LogP contribution >= 0.6 is 0 Å². The van der Waals surface area contributed by atoms with Crippen molar-refractivity contribution in [1.82, 2.24) is 14.5 Å². The van der Waals surface area contributed by atoms with Gasteiger partial charge in [0.2, 0.25) is 0 Å². The van der Waals surface area contributed by atoms with E-state index in [0.29, 0.717) is 46.9 Å². The summed E-state index contributed by atoms with van der Waals surface area (Å²) in [4.78, 5) is 23.0. The second-order valence-electron chi connectivity index (χ2n) is 8.77. The summed E-state index contributed by atoms with van der Waals surface area (Å²) < 4.78 is 54.9. The number of nitrogens with two attached hydrogens (primary N) is 1. The molecule has 0 fully saturated rings. The van der Waals surface area contributed by atoms with Gasteiger partial charge in [0.25, 0.3) is 5.91 Å². The molecular weight excluding hydrogens is 478 g/mol. The van der Waals surface area contributed by atoms with Crippen molar-refractivity contribution in [2.75, 3.05) is 17.2 Å². The fourth-order valence-electron chi connectivity index (χ4n) is 4.65. The number of aromatic nitrogens is 3. The number of aryl methyl sites for hydroxylation is 2. The Morgan fingerprint density at radius 2 is 1.92 bits per heavy atom. The average Bonchev–Trinajstić information content (AvgIpc) is 3.38. The van der Waals surface area contributed by atoms with Crippen molar-refractivity contribution in [2.45, 2.75) is 25.6 Å². The number of benzene rings is 2. The van der Waals surface area contributed by atoms with Crippen LogP contribution in [0.25, 0.3) is 22.2 Å². The zero-order chi connectivity index (χ0) is 25.9. The van der Waals surface area contributed by atoms with Gasteiger partial charge in [-0.2, -0.15) is 13.2 Å². The fraction of sp³-hybridized carbons (Fsp3) is 0.240. The van der Waals surface area contributed by atoms with Gasteiger partial charge in [0.15, 0.2) is 6.10 Å². The number of aliphatic hydroxyl groups excluding tert-OH is 1. The van der Waals surface area contributed by atoms with Crippen LogP contribution in [-0.4, -0.2) is 32.1 Å². The van der Waals surface area contributed by atoms with Crippen molar-refractivity contribution in [3.63, 3.8) is 0 Å². The van der Waals surface area contributed by atoms with Gasteiger partial charge in [-0.3, -0.25) is 4.79 Å². The van der Waals surface area contributed by atoms with E-state index < -0.39 is 35.1 Å². The number of amides is 1. The minimum Gasteiger partial charge on any atom is -0.383 e. The molecule has 4 aromatic rings. The van der Waals surface area contributed by atoms with Crippen molar-refractivity contribution in [3.8, 4) is 11.1 Å². The van der Waals surface area contributed by atoms with Gasteiger partial charge in [-0.05, 0) is 60.4 Å². The van der Waals surface area contributed by atoms with Crippen LogP contribution in [0.5, 0.6) is 0 Å². The van der Waals surface area contributed by atoms with E-state index in [2.05, 4.69) is 9.97 Å². The van der Waals surface area contributed by atoms with Crippen LogP contribution in [-0.2, 0) is 24.4 Å². The molecule has 2 aromatic heterocycles. The minimum absolute atomic E-state index is 0.218. The predicted octanol–water partition coefficient (Wildman–Crippen LogP) is 4.31. The molecule has 0 bridgehead atoms. The molecule has 11 heteroatoms. The Bertz CT molecular complexity index is 1530. The molecule has 1 atom stereocenters. The van der Waals surface area contributed by atoms with Crippen molar-refractivity contribution in [2.24, 2.45) is 7.05 Å². The number of carbonyl (C=O) groups is 1. The van der Waals surface area contributed by atoms with Crippen molar-refractivity contribution < 1.29 is 27.5 Å². The Morgan fingerprint density at radius 3 is 2.64 bits per heavy atom. The van der Waals surface area contributed by atoms with Crippen LogP contribution in [0.15, 0.2) is 42.6 Å². The summed E-state index contributed by atoms with van der Waals surface area (Å²) in [6, 6.07) is 7.02. The van der Waals surface area contributed by atoms with E-state index in [4.69, 9.17) is 5.73 Å². The maximum Gasteiger partial charge on any atom is 0.416 e. The summed E-state index contributed by atoms with van der Waals surface area (Å²) in [5, 5.41) is 11.2. The normalized spacial score (nSPS) is 14.4. The summed E-state index contributed by atoms with van der Waals surface area (Å²) in [5.41, 5.74) is 8.11.